The zero-order valence-electron chi connectivity index (χ0n) is 19.5. The Balaban J connectivity index is 2.08. The van der Waals surface area contributed by atoms with E-state index in [4.69, 9.17) is 4.74 Å². The number of carbonyl (C=O) groups is 1. The Morgan fingerprint density at radius 3 is 2.48 bits per heavy atom. The van der Waals surface area contributed by atoms with Crippen LogP contribution in [0.5, 0.6) is 0 Å². The molecule has 8 nitrogen and oxygen atoms in total. The molecule has 0 aliphatic heterocycles. The van der Waals surface area contributed by atoms with E-state index in [2.05, 4.69) is 24.3 Å². The van der Waals surface area contributed by atoms with Gasteiger partial charge in [-0.1, -0.05) is 55.8 Å². The smallest absolute Gasteiger partial charge is 0.352 e. The van der Waals surface area contributed by atoms with Crippen LogP contribution in [0.15, 0.2) is 58.1 Å². The van der Waals surface area contributed by atoms with Crippen LogP contribution < -0.4 is 16.6 Å². The normalized spacial score (nSPS) is 11.1. The van der Waals surface area contributed by atoms with Gasteiger partial charge in [0.05, 0.1) is 12.2 Å². The average Bonchev–Trinajstić information content (AvgIpc) is 2.79. The van der Waals surface area contributed by atoms with Crippen molar-refractivity contribution in [2.75, 3.05) is 20.3 Å². The standard InChI is InChI=1S/C25H30N4O4/c1-17(2)20-9-11-21(12-10-20)29-25(32)28(16-19-8-5-7-18(3)15-19)24(31)22(27-29)23(30)26-13-6-14-33-4/h5,7-12,15,17H,6,13-14,16H2,1-4H3,(H,26,30). The lowest BCUT2D eigenvalue weighted by molar-refractivity contribution is 0.0938. The van der Waals surface area contributed by atoms with E-state index in [-0.39, 0.29) is 12.2 Å². The average molecular weight is 451 g/mol. The first kappa shape index (κ1) is 24.1. The van der Waals surface area contributed by atoms with E-state index >= 15 is 0 Å². The molecule has 0 spiro atoms. The van der Waals surface area contributed by atoms with Crippen LogP contribution in [-0.2, 0) is 11.3 Å². The number of rotatable bonds is 9. The summed E-state index contributed by atoms with van der Waals surface area (Å²) in [4.78, 5) is 39.2. The Morgan fingerprint density at radius 1 is 1.12 bits per heavy atom. The lowest BCUT2D eigenvalue weighted by Crippen LogP contribution is -2.46. The monoisotopic (exact) mass is 450 g/mol. The lowest BCUT2D eigenvalue weighted by Gasteiger charge is -2.13. The van der Waals surface area contributed by atoms with Crippen molar-refractivity contribution in [2.24, 2.45) is 0 Å². The molecule has 0 bridgehead atoms. The van der Waals surface area contributed by atoms with E-state index in [0.29, 0.717) is 31.2 Å². The highest BCUT2D eigenvalue weighted by Gasteiger charge is 2.20. The number of amides is 1. The summed E-state index contributed by atoms with van der Waals surface area (Å²) in [5.74, 6) is -0.297. The largest absolute Gasteiger partial charge is 0.385 e. The lowest BCUT2D eigenvalue weighted by atomic mass is 10.0. The molecule has 1 amide bonds. The highest BCUT2D eigenvalue weighted by molar-refractivity contribution is 5.91. The second-order valence-corrected chi connectivity index (χ2v) is 8.27. The Morgan fingerprint density at radius 2 is 1.85 bits per heavy atom. The molecule has 0 aliphatic carbocycles. The van der Waals surface area contributed by atoms with Crippen LogP contribution in [0.3, 0.4) is 0 Å². The van der Waals surface area contributed by atoms with Crippen LogP contribution in [-0.4, -0.2) is 40.5 Å². The molecule has 0 saturated carbocycles. The number of methoxy groups -OCH3 is 1. The molecule has 174 valence electrons. The molecule has 33 heavy (non-hydrogen) atoms. The quantitative estimate of drug-likeness (QED) is 0.506. The van der Waals surface area contributed by atoms with Gasteiger partial charge in [-0.3, -0.25) is 14.2 Å². The molecule has 1 aromatic heterocycles. The molecule has 1 heterocycles. The van der Waals surface area contributed by atoms with Crippen molar-refractivity contribution in [3.8, 4) is 5.69 Å². The van der Waals surface area contributed by atoms with Crippen molar-refractivity contribution in [3.63, 3.8) is 0 Å². The van der Waals surface area contributed by atoms with E-state index in [1.54, 1.807) is 19.2 Å². The third-order valence-corrected chi connectivity index (χ3v) is 5.31. The van der Waals surface area contributed by atoms with E-state index in [1.165, 1.54) is 0 Å². The molecule has 0 saturated heterocycles. The van der Waals surface area contributed by atoms with E-state index in [0.717, 1.165) is 25.9 Å². The van der Waals surface area contributed by atoms with Gasteiger partial charge in [0, 0.05) is 20.3 Å². The minimum atomic E-state index is -0.721. The van der Waals surface area contributed by atoms with Crippen molar-refractivity contribution in [1.82, 2.24) is 19.7 Å². The zero-order chi connectivity index (χ0) is 24.0. The zero-order valence-corrected chi connectivity index (χ0v) is 19.5. The van der Waals surface area contributed by atoms with Crippen LogP contribution in [0.25, 0.3) is 5.69 Å². The van der Waals surface area contributed by atoms with Crippen LogP contribution >= 0.6 is 0 Å². The molecule has 2 aromatic carbocycles. The van der Waals surface area contributed by atoms with Gasteiger partial charge >= 0.3 is 5.69 Å². The Labute approximate surface area is 192 Å². The second-order valence-electron chi connectivity index (χ2n) is 8.27. The number of ether oxygens (including phenoxy) is 1. The van der Waals surface area contributed by atoms with Crippen molar-refractivity contribution >= 4 is 5.91 Å². The summed E-state index contributed by atoms with van der Waals surface area (Å²) in [6, 6.07) is 14.9. The highest BCUT2D eigenvalue weighted by Crippen LogP contribution is 2.15. The summed E-state index contributed by atoms with van der Waals surface area (Å²) < 4.78 is 7.16. The molecule has 0 radical (unpaired) electrons. The number of aryl methyl sites for hydroxylation is 1. The SMILES string of the molecule is COCCCNC(=O)c1nn(-c2ccc(C(C)C)cc2)c(=O)n(Cc2cccc(C)c2)c1=O. The molecule has 1 N–H and O–H groups in total. The Bertz CT molecular complexity index is 1230. The van der Waals surface area contributed by atoms with Crippen LogP contribution in [0, 0.1) is 6.92 Å². The summed E-state index contributed by atoms with van der Waals surface area (Å²) >= 11 is 0. The van der Waals surface area contributed by atoms with Gasteiger partial charge < -0.3 is 10.1 Å². The maximum Gasteiger partial charge on any atom is 0.352 e. The third kappa shape index (κ3) is 5.84. The number of benzene rings is 2. The fraction of sp³-hybridized carbons (Fsp3) is 0.360. The molecular weight excluding hydrogens is 420 g/mol. The van der Waals surface area contributed by atoms with Crippen molar-refractivity contribution in [2.45, 2.75) is 39.7 Å². The number of nitrogens with zero attached hydrogens (tertiary/aromatic N) is 3. The molecule has 3 aromatic rings. The van der Waals surface area contributed by atoms with E-state index < -0.39 is 17.2 Å². The van der Waals surface area contributed by atoms with E-state index in [9.17, 15) is 14.4 Å². The van der Waals surface area contributed by atoms with Crippen molar-refractivity contribution < 1.29 is 9.53 Å². The van der Waals surface area contributed by atoms with E-state index in [1.807, 2.05) is 43.3 Å². The topological polar surface area (TPSA) is 95.2 Å². The predicted molar refractivity (Wildman–Crippen MR) is 127 cm³/mol. The van der Waals surface area contributed by atoms with Crippen molar-refractivity contribution in [3.05, 3.63) is 91.8 Å². The van der Waals surface area contributed by atoms with Crippen molar-refractivity contribution in [1.29, 1.82) is 0 Å². The first-order valence-corrected chi connectivity index (χ1v) is 11.0. The van der Waals surface area contributed by atoms with Crippen LogP contribution in [0.4, 0.5) is 0 Å². The van der Waals surface area contributed by atoms with Gasteiger partial charge in [0.1, 0.15) is 0 Å². The van der Waals surface area contributed by atoms with Gasteiger partial charge in [-0.05, 0) is 42.5 Å². The first-order valence-electron chi connectivity index (χ1n) is 11.0. The number of hydrogen-bond donors (Lipinski definition) is 1. The first-order chi connectivity index (χ1) is 15.8. The summed E-state index contributed by atoms with van der Waals surface area (Å²) in [5.41, 5.74) is 1.74. The number of aromatic nitrogens is 3. The molecule has 8 heteroatoms. The molecule has 0 atom stereocenters. The molecular formula is C25H30N4O4. The predicted octanol–water partition coefficient (Wildman–Crippen LogP) is 2.64. The van der Waals surface area contributed by atoms with Gasteiger partial charge in [-0.2, -0.15) is 9.78 Å². The Hall–Kier alpha value is -3.52. The van der Waals surface area contributed by atoms with Gasteiger partial charge in [0.15, 0.2) is 0 Å². The molecule has 3 rings (SSSR count). The summed E-state index contributed by atoms with van der Waals surface area (Å²) in [6.07, 6.45) is 0.593. The minimum absolute atomic E-state index is 0.0376. The third-order valence-electron chi connectivity index (χ3n) is 5.31. The summed E-state index contributed by atoms with van der Waals surface area (Å²) in [5, 5.41) is 6.85. The number of nitrogens with one attached hydrogen (secondary N) is 1. The fourth-order valence-electron chi connectivity index (χ4n) is 3.46. The number of hydrogen-bond acceptors (Lipinski definition) is 5. The summed E-state index contributed by atoms with van der Waals surface area (Å²) in [6.45, 7) is 6.93. The molecule has 0 unspecified atom stereocenters. The van der Waals surface area contributed by atoms with Gasteiger partial charge in [0.25, 0.3) is 11.5 Å². The van der Waals surface area contributed by atoms with Crippen LogP contribution in [0.1, 0.15) is 53.4 Å². The maximum absolute atomic E-state index is 13.3. The highest BCUT2D eigenvalue weighted by atomic mass is 16.5. The maximum atomic E-state index is 13.3. The molecule has 0 fully saturated rings. The number of carbonyl (C=O) groups excluding carboxylic acids is 1. The fourth-order valence-corrected chi connectivity index (χ4v) is 3.46. The van der Waals surface area contributed by atoms with Gasteiger partial charge in [0.2, 0.25) is 5.69 Å². The molecule has 0 aliphatic rings. The van der Waals surface area contributed by atoms with Gasteiger partial charge in [-0.15, -0.1) is 0 Å². The van der Waals surface area contributed by atoms with Gasteiger partial charge in [-0.25, -0.2) is 4.79 Å². The minimum Gasteiger partial charge on any atom is -0.385 e. The summed E-state index contributed by atoms with van der Waals surface area (Å²) in [7, 11) is 1.58. The second kappa shape index (κ2) is 10.9. The Kier molecular flexibility index (Phi) is 7.95. The van der Waals surface area contributed by atoms with Crippen LogP contribution in [0.2, 0.25) is 0 Å².